The van der Waals surface area contributed by atoms with Gasteiger partial charge in [-0.25, -0.2) is 0 Å². The molecule has 0 saturated heterocycles. The first-order valence-corrected chi connectivity index (χ1v) is 8.12. The molecule has 4 heteroatoms. The summed E-state index contributed by atoms with van der Waals surface area (Å²) < 4.78 is 6.01. The van der Waals surface area contributed by atoms with Crippen LogP contribution < -0.4 is 0 Å². The van der Waals surface area contributed by atoms with Gasteiger partial charge in [-0.1, -0.05) is 44.5 Å². The first kappa shape index (κ1) is 19.4. The van der Waals surface area contributed by atoms with E-state index in [9.17, 15) is 5.26 Å². The first-order chi connectivity index (χ1) is 13.2. The molecule has 4 nitrogen and oxygen atoms in total. The Morgan fingerprint density at radius 3 is 2.63 bits per heavy atom. The van der Waals surface area contributed by atoms with Crippen molar-refractivity contribution in [2.75, 3.05) is 0 Å². The Labute approximate surface area is 158 Å². The lowest BCUT2D eigenvalue weighted by Gasteiger charge is -2.03. The van der Waals surface area contributed by atoms with Crippen LogP contribution in [0.5, 0.6) is 0 Å². The van der Waals surface area contributed by atoms with E-state index in [0.717, 1.165) is 11.1 Å². The van der Waals surface area contributed by atoms with Crippen LogP contribution >= 0.6 is 0 Å². The van der Waals surface area contributed by atoms with Crippen molar-refractivity contribution in [2.45, 2.75) is 0 Å². The van der Waals surface area contributed by atoms with Crippen molar-refractivity contribution in [1.82, 2.24) is 4.98 Å². The molecule has 0 atom stereocenters. The van der Waals surface area contributed by atoms with Crippen molar-refractivity contribution in [3.05, 3.63) is 110 Å². The highest BCUT2D eigenvalue weighted by atomic mass is 16.3. The first-order valence-electron chi connectivity index (χ1n) is 8.12. The Morgan fingerprint density at radius 2 is 2.00 bits per heavy atom. The Bertz CT molecular complexity index is 1050. The number of allylic oxidation sites excluding steroid dienone is 9. The van der Waals surface area contributed by atoms with Gasteiger partial charge in [-0.2, -0.15) is 5.26 Å². The second kappa shape index (κ2) is 9.50. The number of fused-ring (bicyclic) bond motifs is 1. The molecule has 2 aromatic heterocycles. The summed E-state index contributed by atoms with van der Waals surface area (Å²) in [6, 6.07) is 5.73. The number of nitrogens with zero attached hydrogens (tertiary/aromatic N) is 3. The van der Waals surface area contributed by atoms with E-state index >= 15 is 0 Å². The largest absolute Gasteiger partial charge is 0.452 e. The van der Waals surface area contributed by atoms with Gasteiger partial charge in [0.05, 0.1) is 11.6 Å². The minimum absolute atomic E-state index is 0.458. The van der Waals surface area contributed by atoms with Gasteiger partial charge in [0, 0.05) is 24.0 Å². The molecule has 0 bridgehead atoms. The predicted molar refractivity (Wildman–Crippen MR) is 112 cm³/mol. The van der Waals surface area contributed by atoms with Crippen molar-refractivity contribution in [3.63, 3.8) is 0 Å². The van der Waals surface area contributed by atoms with Gasteiger partial charge in [0.15, 0.2) is 11.3 Å². The van der Waals surface area contributed by atoms with Crippen LogP contribution in [0.4, 0.5) is 0 Å². The van der Waals surface area contributed by atoms with Gasteiger partial charge in [0.2, 0.25) is 0 Å². The van der Waals surface area contributed by atoms with E-state index in [1.54, 1.807) is 61.0 Å². The number of aliphatic imine (C=N–C) groups is 1. The summed E-state index contributed by atoms with van der Waals surface area (Å²) >= 11 is 0. The quantitative estimate of drug-likeness (QED) is 0.347. The topological polar surface area (TPSA) is 62.2 Å². The summed E-state index contributed by atoms with van der Waals surface area (Å²) in [4.78, 5) is 8.66. The second-order valence-corrected chi connectivity index (χ2v) is 5.25. The summed E-state index contributed by atoms with van der Waals surface area (Å²) in [5.74, 6) is 0.541. The van der Waals surface area contributed by atoms with Crippen LogP contribution in [0.2, 0.25) is 0 Å². The van der Waals surface area contributed by atoms with Gasteiger partial charge in [0.25, 0.3) is 0 Å². The number of pyridine rings is 1. The van der Waals surface area contributed by atoms with E-state index in [1.807, 2.05) is 6.07 Å². The molecule has 132 valence electrons. The maximum absolute atomic E-state index is 9.25. The van der Waals surface area contributed by atoms with Crippen molar-refractivity contribution in [1.29, 1.82) is 5.26 Å². The molecule has 2 aromatic rings. The molecule has 27 heavy (non-hydrogen) atoms. The third-order valence-corrected chi connectivity index (χ3v) is 3.56. The molecule has 0 fully saturated rings. The lowest BCUT2D eigenvalue weighted by Crippen LogP contribution is -1.92. The minimum atomic E-state index is 0.458. The van der Waals surface area contributed by atoms with Crippen molar-refractivity contribution in [3.8, 4) is 6.07 Å². The smallest absolute Gasteiger partial charge is 0.161 e. The number of aromatic nitrogens is 1. The van der Waals surface area contributed by atoms with Gasteiger partial charge < -0.3 is 4.42 Å². The fourth-order valence-corrected chi connectivity index (χ4v) is 2.35. The number of furan rings is 1. The van der Waals surface area contributed by atoms with Crippen LogP contribution in [0.3, 0.4) is 0 Å². The highest BCUT2D eigenvalue weighted by molar-refractivity contribution is 6.09. The lowest BCUT2D eigenvalue weighted by atomic mass is 10.0. The Hall–Kier alpha value is -3.97. The average Bonchev–Trinajstić information content (AvgIpc) is 3.12. The van der Waals surface area contributed by atoms with Gasteiger partial charge in [-0.15, -0.1) is 0 Å². The van der Waals surface area contributed by atoms with Crippen molar-refractivity contribution in [2.24, 2.45) is 4.99 Å². The number of hydrogen-bond acceptors (Lipinski definition) is 4. The standard InChI is InChI=1S/C23H19N3O/c1-5-9-12-25-20(8-4)22-15-21-23(27-22)19(11-13-26-21)18(7-3)14-17(16-24)10-6-2/h5-15H,1-4H2/b12-9-,17-10+,18-14+,25-20+. The molecule has 2 rings (SSSR count). The van der Waals surface area contributed by atoms with E-state index in [1.165, 1.54) is 0 Å². The van der Waals surface area contributed by atoms with Gasteiger partial charge >= 0.3 is 0 Å². The number of rotatable bonds is 8. The molecule has 0 aliphatic carbocycles. The lowest BCUT2D eigenvalue weighted by molar-refractivity contribution is 0.604. The van der Waals surface area contributed by atoms with E-state index < -0.39 is 0 Å². The normalized spacial score (nSPS) is 12.8. The molecule has 0 aliphatic rings. The van der Waals surface area contributed by atoms with E-state index in [2.05, 4.69) is 42.4 Å². The molecule has 0 amide bonds. The van der Waals surface area contributed by atoms with Gasteiger partial charge in [0.1, 0.15) is 11.2 Å². The second-order valence-electron chi connectivity index (χ2n) is 5.25. The molecule has 0 spiro atoms. The number of hydrogen-bond donors (Lipinski definition) is 0. The highest BCUT2D eigenvalue weighted by Gasteiger charge is 2.13. The average molecular weight is 353 g/mol. The molecule has 0 aromatic carbocycles. The third-order valence-electron chi connectivity index (χ3n) is 3.56. The van der Waals surface area contributed by atoms with Crippen LogP contribution in [-0.4, -0.2) is 10.7 Å². The summed E-state index contributed by atoms with van der Waals surface area (Å²) in [5, 5.41) is 9.25. The van der Waals surface area contributed by atoms with Crippen molar-refractivity contribution >= 4 is 22.4 Å². The zero-order chi connectivity index (χ0) is 19.6. The predicted octanol–water partition coefficient (Wildman–Crippen LogP) is 5.71. The summed E-state index contributed by atoms with van der Waals surface area (Å²) in [5.41, 5.74) is 3.80. The summed E-state index contributed by atoms with van der Waals surface area (Å²) in [7, 11) is 0. The van der Waals surface area contributed by atoms with E-state index in [0.29, 0.717) is 28.1 Å². The van der Waals surface area contributed by atoms with Gasteiger partial charge in [-0.3, -0.25) is 9.98 Å². The Kier molecular flexibility index (Phi) is 6.81. The summed E-state index contributed by atoms with van der Waals surface area (Å²) in [6.45, 7) is 14.9. The van der Waals surface area contributed by atoms with Crippen molar-refractivity contribution < 1.29 is 4.42 Å². The highest BCUT2D eigenvalue weighted by Crippen LogP contribution is 2.28. The molecule has 0 N–H and O–H groups in total. The molecule has 2 heterocycles. The van der Waals surface area contributed by atoms with Crippen LogP contribution in [0.25, 0.3) is 16.7 Å². The molecule has 0 saturated carbocycles. The molecular weight excluding hydrogens is 334 g/mol. The van der Waals surface area contributed by atoms with Crippen LogP contribution in [0.15, 0.2) is 108 Å². The van der Waals surface area contributed by atoms with Gasteiger partial charge in [-0.05, 0) is 35.9 Å². The van der Waals surface area contributed by atoms with Crippen LogP contribution in [-0.2, 0) is 0 Å². The van der Waals surface area contributed by atoms with Crippen LogP contribution in [0, 0.1) is 11.3 Å². The SMILES string of the molecule is C=C/C=C\N=C(/C=C)c1cc2nccc(/C(C=C)=C/C(C#N)=C\C=C)c2o1. The fraction of sp³-hybridized carbons (Fsp3) is 0. The Balaban J connectivity index is 2.63. The zero-order valence-electron chi connectivity index (χ0n) is 14.9. The van der Waals surface area contributed by atoms with Crippen LogP contribution in [0.1, 0.15) is 11.3 Å². The minimum Gasteiger partial charge on any atom is -0.452 e. The third kappa shape index (κ3) is 4.56. The maximum Gasteiger partial charge on any atom is 0.161 e. The summed E-state index contributed by atoms with van der Waals surface area (Å²) in [6.07, 6.45) is 14.8. The monoisotopic (exact) mass is 353 g/mol. The zero-order valence-corrected chi connectivity index (χ0v) is 14.9. The molecular formula is C23H19N3O. The van der Waals surface area contributed by atoms with E-state index in [-0.39, 0.29) is 0 Å². The molecule has 0 aliphatic heterocycles. The Morgan fingerprint density at radius 1 is 1.19 bits per heavy atom. The molecule has 0 radical (unpaired) electrons. The fourth-order valence-electron chi connectivity index (χ4n) is 2.35. The maximum atomic E-state index is 9.25. The van der Waals surface area contributed by atoms with E-state index in [4.69, 9.17) is 4.42 Å². The number of nitriles is 1. The molecule has 0 unspecified atom stereocenters.